The molecule has 2 aromatic rings. The molecule has 1 N–H and O–H groups in total. The zero-order valence-electron chi connectivity index (χ0n) is 17.5. The summed E-state index contributed by atoms with van der Waals surface area (Å²) in [4.78, 5) is 0. The van der Waals surface area contributed by atoms with E-state index in [4.69, 9.17) is 0 Å². The Kier molecular flexibility index (Phi) is 15.4. The SMILES string of the molecule is CC1=[C-]C(C)C(C)=C1C.C[C](C)=[Ti+].Cl.Cl.Oc1cccc(-c2ccccc2)c1. The molecule has 0 saturated carbocycles. The first-order valence-electron chi connectivity index (χ1n) is 8.86. The van der Waals surface area contributed by atoms with Crippen LogP contribution in [0.25, 0.3) is 11.1 Å². The maximum atomic E-state index is 9.27. The van der Waals surface area contributed by atoms with Gasteiger partial charge in [-0.05, 0) is 23.3 Å². The number of rotatable bonds is 1. The van der Waals surface area contributed by atoms with Crippen molar-refractivity contribution in [2.45, 2.75) is 41.5 Å². The van der Waals surface area contributed by atoms with Crippen LogP contribution in [0.3, 0.4) is 0 Å². The molecule has 1 aliphatic rings. The van der Waals surface area contributed by atoms with E-state index in [1.165, 1.54) is 20.5 Å². The number of hydrogen-bond donors (Lipinski definition) is 1. The smallest absolute Gasteiger partial charge is 0.116 e. The van der Waals surface area contributed by atoms with Crippen molar-refractivity contribution in [1.82, 2.24) is 0 Å². The molecule has 0 amide bonds. The summed E-state index contributed by atoms with van der Waals surface area (Å²) in [6.07, 6.45) is 3.36. The Labute approximate surface area is 194 Å². The largest absolute Gasteiger partial charge is 0.508 e. The molecule has 0 radical (unpaired) electrons. The van der Waals surface area contributed by atoms with Crippen LogP contribution in [0.4, 0.5) is 0 Å². The van der Waals surface area contributed by atoms with Crippen LogP contribution in [-0.2, 0) is 20.0 Å². The van der Waals surface area contributed by atoms with E-state index >= 15 is 0 Å². The van der Waals surface area contributed by atoms with Gasteiger partial charge < -0.3 is 5.11 Å². The van der Waals surface area contributed by atoms with Crippen LogP contribution in [0.5, 0.6) is 5.75 Å². The second-order valence-electron chi connectivity index (χ2n) is 6.72. The third-order valence-corrected chi connectivity index (χ3v) is 4.19. The van der Waals surface area contributed by atoms with E-state index in [-0.39, 0.29) is 24.8 Å². The van der Waals surface area contributed by atoms with E-state index in [1.807, 2.05) is 42.5 Å². The van der Waals surface area contributed by atoms with Crippen LogP contribution in [0.1, 0.15) is 41.5 Å². The Bertz CT molecular complexity index is 791. The average Bonchev–Trinajstić information content (AvgIpc) is 2.82. The van der Waals surface area contributed by atoms with E-state index in [9.17, 15) is 5.11 Å². The Morgan fingerprint density at radius 3 is 1.75 bits per heavy atom. The van der Waals surface area contributed by atoms with Gasteiger partial charge in [-0.2, -0.15) is 11.1 Å². The molecule has 0 heterocycles. The maximum absolute atomic E-state index is 9.27. The maximum Gasteiger partial charge on any atom is 0.116 e. The van der Waals surface area contributed by atoms with Crippen molar-refractivity contribution in [2.75, 3.05) is 0 Å². The Morgan fingerprint density at radius 2 is 1.39 bits per heavy atom. The fraction of sp³-hybridized carbons (Fsp3) is 0.292. The Hall–Kier alpha value is -1.12. The second kappa shape index (κ2) is 14.8. The van der Waals surface area contributed by atoms with Gasteiger partial charge in [0.25, 0.3) is 0 Å². The molecule has 1 nitrogen and oxygen atoms in total. The van der Waals surface area contributed by atoms with E-state index in [0.717, 1.165) is 11.1 Å². The average molecular weight is 454 g/mol. The molecule has 3 rings (SSSR count). The molecule has 0 fully saturated rings. The van der Waals surface area contributed by atoms with Crippen LogP contribution in [0.2, 0.25) is 0 Å². The number of hydrogen-bond acceptors (Lipinski definition) is 1. The first-order chi connectivity index (χ1) is 12.2. The van der Waals surface area contributed by atoms with Crippen molar-refractivity contribution in [3.63, 3.8) is 0 Å². The van der Waals surface area contributed by atoms with Crippen LogP contribution >= 0.6 is 24.8 Å². The van der Waals surface area contributed by atoms with Crippen LogP contribution in [0, 0.1) is 12.0 Å². The van der Waals surface area contributed by atoms with Crippen molar-refractivity contribution in [3.05, 3.63) is 77.4 Å². The van der Waals surface area contributed by atoms with Gasteiger partial charge in [0.05, 0.1) is 0 Å². The summed E-state index contributed by atoms with van der Waals surface area (Å²) < 4.78 is 1.42. The number of phenolic OH excluding ortho intramolecular Hbond substituents is 1. The van der Waals surface area contributed by atoms with Crippen molar-refractivity contribution in [2.24, 2.45) is 5.92 Å². The standard InChI is InChI=1S/C12H10O.C9H13.C3H6.2ClH.Ti/c13-12-8-4-7-11(9-12)10-5-2-1-3-6-10;1-6-5-7(2)9(4)8(6)3;1-3-2;;;/h1-9,13H;6H,1-4H3;1-2H3;2*1H;/q;-1;;;;+1. The molecule has 0 saturated heterocycles. The van der Waals surface area contributed by atoms with Gasteiger partial charge in [-0.1, -0.05) is 69.2 Å². The molecule has 0 aromatic heterocycles. The number of phenols is 1. The van der Waals surface area contributed by atoms with Crippen LogP contribution in [-0.4, -0.2) is 8.92 Å². The third kappa shape index (κ3) is 10.4. The Morgan fingerprint density at radius 1 is 0.893 bits per heavy atom. The van der Waals surface area contributed by atoms with Crippen LogP contribution in [0.15, 0.2) is 71.3 Å². The van der Waals surface area contributed by atoms with Crippen molar-refractivity contribution < 1.29 is 25.1 Å². The number of allylic oxidation sites excluding steroid dienone is 4. The number of benzene rings is 2. The van der Waals surface area contributed by atoms with Gasteiger partial charge in [-0.25, -0.2) is 5.57 Å². The summed E-state index contributed by atoms with van der Waals surface area (Å²) in [5, 5.41) is 9.27. The molecule has 2 aromatic carbocycles. The van der Waals surface area contributed by atoms with Crippen molar-refractivity contribution in [3.8, 4) is 16.9 Å². The topological polar surface area (TPSA) is 20.2 Å². The zero-order valence-corrected chi connectivity index (χ0v) is 20.7. The van der Waals surface area contributed by atoms with E-state index in [0.29, 0.717) is 11.7 Å². The summed E-state index contributed by atoms with van der Waals surface area (Å²) >= 11 is 2.08. The molecule has 151 valence electrons. The summed E-state index contributed by atoms with van der Waals surface area (Å²) in [6, 6.07) is 17.3. The first-order valence-corrected chi connectivity index (χ1v) is 9.64. The van der Waals surface area contributed by atoms with E-state index in [1.54, 1.807) is 12.1 Å². The second-order valence-corrected chi connectivity index (χ2v) is 8.28. The third-order valence-electron chi connectivity index (χ3n) is 4.19. The summed E-state index contributed by atoms with van der Waals surface area (Å²) in [5.74, 6) is 0.867. The van der Waals surface area contributed by atoms with Gasteiger partial charge in [0.2, 0.25) is 0 Å². The van der Waals surface area contributed by atoms with E-state index < -0.39 is 0 Å². The molecular formula is C24H31Cl2OTi. The summed E-state index contributed by atoms with van der Waals surface area (Å²) in [6.45, 7) is 12.8. The van der Waals surface area contributed by atoms with Gasteiger partial charge >= 0.3 is 37.6 Å². The van der Waals surface area contributed by atoms with E-state index in [2.05, 4.69) is 67.6 Å². The van der Waals surface area contributed by atoms with Crippen molar-refractivity contribution >= 4 is 28.6 Å². The molecule has 0 spiro atoms. The monoisotopic (exact) mass is 453 g/mol. The van der Waals surface area contributed by atoms with Gasteiger partial charge in [0.1, 0.15) is 5.75 Å². The normalized spacial score (nSPS) is 14.3. The molecule has 1 atom stereocenters. The fourth-order valence-corrected chi connectivity index (χ4v) is 2.48. The van der Waals surface area contributed by atoms with Crippen molar-refractivity contribution in [1.29, 1.82) is 0 Å². The van der Waals surface area contributed by atoms with Gasteiger partial charge in [-0.15, -0.1) is 31.7 Å². The minimum absolute atomic E-state index is 0. The van der Waals surface area contributed by atoms with Crippen LogP contribution < -0.4 is 0 Å². The van der Waals surface area contributed by atoms with Gasteiger partial charge in [0.15, 0.2) is 0 Å². The first kappa shape index (κ1) is 29.1. The Balaban J connectivity index is 0. The molecular weight excluding hydrogens is 423 g/mol. The molecule has 1 unspecified atom stereocenters. The summed E-state index contributed by atoms with van der Waals surface area (Å²) in [7, 11) is 0. The molecule has 0 bridgehead atoms. The zero-order chi connectivity index (χ0) is 19.7. The summed E-state index contributed by atoms with van der Waals surface area (Å²) in [5.41, 5.74) is 6.41. The number of halogens is 2. The predicted octanol–water partition coefficient (Wildman–Crippen LogP) is 7.37. The molecule has 28 heavy (non-hydrogen) atoms. The predicted molar refractivity (Wildman–Crippen MR) is 124 cm³/mol. The minimum Gasteiger partial charge on any atom is -0.508 e. The number of aromatic hydroxyl groups is 1. The van der Waals surface area contributed by atoms with Gasteiger partial charge in [0, 0.05) is 0 Å². The minimum atomic E-state index is 0. The molecule has 0 aliphatic heterocycles. The van der Waals surface area contributed by atoms with Gasteiger partial charge in [-0.3, -0.25) is 6.08 Å². The quantitative estimate of drug-likeness (QED) is 0.352. The fourth-order valence-electron chi connectivity index (χ4n) is 2.48. The molecule has 1 aliphatic carbocycles. The molecule has 4 heteroatoms.